The summed E-state index contributed by atoms with van der Waals surface area (Å²) in [7, 11) is 1.55. The molecule has 2 aromatic rings. The molecule has 0 spiro atoms. The number of rotatable bonds is 7. The molecule has 0 saturated carbocycles. The smallest absolute Gasteiger partial charge is 0.224 e. The van der Waals surface area contributed by atoms with Crippen molar-refractivity contribution in [1.82, 2.24) is 0 Å². The van der Waals surface area contributed by atoms with Crippen LogP contribution in [0.25, 0.3) is 0 Å². The molecule has 5 heteroatoms. The highest BCUT2D eigenvalue weighted by molar-refractivity contribution is 5.92. The van der Waals surface area contributed by atoms with Crippen LogP contribution in [0, 0.1) is 0 Å². The van der Waals surface area contributed by atoms with Crippen LogP contribution in [0.3, 0.4) is 0 Å². The second-order valence-electron chi connectivity index (χ2n) is 4.77. The number of carbonyl (C=O) groups excluding carboxylic acids is 1. The molecule has 0 aromatic heterocycles. The maximum Gasteiger partial charge on any atom is 0.224 e. The SMILES string of the molecule is COc1ccc(N)cc1NC(=O)CCCOc1ccccc1. The maximum absolute atomic E-state index is 11.9. The molecule has 5 nitrogen and oxygen atoms in total. The van der Waals surface area contributed by atoms with Crippen LogP contribution in [0.15, 0.2) is 48.5 Å². The van der Waals surface area contributed by atoms with Crippen molar-refractivity contribution in [2.75, 3.05) is 24.8 Å². The Labute approximate surface area is 130 Å². The lowest BCUT2D eigenvalue weighted by Gasteiger charge is -2.11. The summed E-state index contributed by atoms with van der Waals surface area (Å²) in [6.45, 7) is 0.492. The molecule has 0 heterocycles. The van der Waals surface area contributed by atoms with Crippen molar-refractivity contribution >= 4 is 17.3 Å². The zero-order valence-electron chi connectivity index (χ0n) is 12.5. The number of carbonyl (C=O) groups is 1. The predicted octanol–water partition coefficient (Wildman–Crippen LogP) is 3.08. The first-order valence-corrected chi connectivity index (χ1v) is 7.10. The van der Waals surface area contributed by atoms with Crippen LogP contribution in [0.4, 0.5) is 11.4 Å². The summed E-state index contributed by atoms with van der Waals surface area (Å²) in [5.74, 6) is 1.30. The molecular formula is C17H20N2O3. The zero-order chi connectivity index (χ0) is 15.8. The highest BCUT2D eigenvalue weighted by Crippen LogP contribution is 2.26. The van der Waals surface area contributed by atoms with Gasteiger partial charge in [0.2, 0.25) is 5.91 Å². The predicted molar refractivity (Wildman–Crippen MR) is 87.2 cm³/mol. The Morgan fingerprint density at radius 2 is 1.95 bits per heavy atom. The molecule has 0 unspecified atom stereocenters. The Kier molecular flexibility index (Phi) is 5.65. The van der Waals surface area contributed by atoms with E-state index >= 15 is 0 Å². The summed E-state index contributed by atoms with van der Waals surface area (Å²) in [4.78, 5) is 11.9. The molecule has 2 aromatic carbocycles. The quantitative estimate of drug-likeness (QED) is 0.609. The number of hydrogen-bond acceptors (Lipinski definition) is 4. The van der Waals surface area contributed by atoms with Gasteiger partial charge in [0.05, 0.1) is 19.4 Å². The molecule has 0 aliphatic rings. The Morgan fingerprint density at radius 3 is 2.68 bits per heavy atom. The molecule has 1 amide bonds. The van der Waals surface area contributed by atoms with Crippen molar-refractivity contribution in [3.05, 3.63) is 48.5 Å². The van der Waals surface area contributed by atoms with Gasteiger partial charge in [0.1, 0.15) is 11.5 Å². The molecule has 22 heavy (non-hydrogen) atoms. The van der Waals surface area contributed by atoms with E-state index in [-0.39, 0.29) is 5.91 Å². The topological polar surface area (TPSA) is 73.6 Å². The molecule has 0 aliphatic heterocycles. The van der Waals surface area contributed by atoms with Gasteiger partial charge >= 0.3 is 0 Å². The van der Waals surface area contributed by atoms with E-state index in [0.29, 0.717) is 36.6 Å². The normalized spacial score (nSPS) is 10.0. The number of nitrogen functional groups attached to an aromatic ring is 1. The van der Waals surface area contributed by atoms with Crippen molar-refractivity contribution in [2.45, 2.75) is 12.8 Å². The summed E-state index contributed by atoms with van der Waals surface area (Å²) >= 11 is 0. The number of nitrogens with two attached hydrogens (primary N) is 1. The van der Waals surface area contributed by atoms with E-state index in [9.17, 15) is 4.79 Å². The number of hydrogen-bond donors (Lipinski definition) is 2. The summed E-state index contributed by atoms with van der Waals surface area (Å²) < 4.78 is 10.7. The van der Waals surface area contributed by atoms with E-state index in [1.165, 1.54) is 0 Å². The van der Waals surface area contributed by atoms with E-state index in [1.807, 2.05) is 30.3 Å². The van der Waals surface area contributed by atoms with Gasteiger partial charge < -0.3 is 20.5 Å². The second-order valence-corrected chi connectivity index (χ2v) is 4.77. The van der Waals surface area contributed by atoms with Crippen LogP contribution in [-0.4, -0.2) is 19.6 Å². The minimum Gasteiger partial charge on any atom is -0.495 e. The van der Waals surface area contributed by atoms with Crippen molar-refractivity contribution in [2.24, 2.45) is 0 Å². The molecule has 0 saturated heterocycles. The molecule has 0 aliphatic carbocycles. The molecule has 3 N–H and O–H groups in total. The highest BCUT2D eigenvalue weighted by atomic mass is 16.5. The number of nitrogens with one attached hydrogen (secondary N) is 1. The first-order chi connectivity index (χ1) is 10.7. The fourth-order valence-corrected chi connectivity index (χ4v) is 1.98. The summed E-state index contributed by atoms with van der Waals surface area (Å²) in [6, 6.07) is 14.7. The van der Waals surface area contributed by atoms with Crippen LogP contribution < -0.4 is 20.5 Å². The largest absolute Gasteiger partial charge is 0.495 e. The monoisotopic (exact) mass is 300 g/mol. The Bertz CT molecular complexity index is 615. The lowest BCUT2D eigenvalue weighted by atomic mass is 10.2. The minimum atomic E-state index is -0.0967. The van der Waals surface area contributed by atoms with Gasteiger partial charge in [0, 0.05) is 12.1 Å². The molecular weight excluding hydrogens is 280 g/mol. The Hall–Kier alpha value is -2.69. The summed E-state index contributed by atoms with van der Waals surface area (Å²) in [6.07, 6.45) is 0.996. The van der Waals surface area contributed by atoms with Gasteiger partial charge in [-0.25, -0.2) is 0 Å². The third kappa shape index (κ3) is 4.70. The van der Waals surface area contributed by atoms with Crippen molar-refractivity contribution in [1.29, 1.82) is 0 Å². The van der Waals surface area contributed by atoms with Crippen LogP contribution in [0.5, 0.6) is 11.5 Å². The van der Waals surface area contributed by atoms with Gasteiger partial charge in [-0.05, 0) is 36.8 Å². The van der Waals surface area contributed by atoms with Crippen LogP contribution in [-0.2, 0) is 4.79 Å². The van der Waals surface area contributed by atoms with Crippen molar-refractivity contribution in [3.8, 4) is 11.5 Å². The fourth-order valence-electron chi connectivity index (χ4n) is 1.98. The van der Waals surface area contributed by atoms with Gasteiger partial charge in [0.15, 0.2) is 0 Å². The number of amides is 1. The first-order valence-electron chi connectivity index (χ1n) is 7.10. The number of para-hydroxylation sites is 1. The summed E-state index contributed by atoms with van der Waals surface area (Å²) in [5.41, 5.74) is 6.87. The van der Waals surface area contributed by atoms with Gasteiger partial charge in [-0.1, -0.05) is 18.2 Å². The Morgan fingerprint density at radius 1 is 1.18 bits per heavy atom. The molecule has 0 atom stereocenters. The van der Waals surface area contributed by atoms with Crippen molar-refractivity contribution < 1.29 is 14.3 Å². The van der Waals surface area contributed by atoms with Crippen LogP contribution in [0.1, 0.15) is 12.8 Å². The van der Waals surface area contributed by atoms with Crippen LogP contribution in [0.2, 0.25) is 0 Å². The first kappa shape index (κ1) is 15.7. The standard InChI is InChI=1S/C17H20N2O3/c1-21-16-10-9-13(18)12-15(16)19-17(20)8-5-11-22-14-6-3-2-4-7-14/h2-4,6-7,9-10,12H,5,8,11,18H2,1H3,(H,19,20). The maximum atomic E-state index is 11.9. The fraction of sp³-hybridized carbons (Fsp3) is 0.235. The average Bonchev–Trinajstić information content (AvgIpc) is 2.53. The molecule has 0 bridgehead atoms. The van der Waals surface area contributed by atoms with E-state index in [4.69, 9.17) is 15.2 Å². The number of anilines is 2. The van der Waals surface area contributed by atoms with Gasteiger partial charge in [0.25, 0.3) is 0 Å². The summed E-state index contributed by atoms with van der Waals surface area (Å²) in [5, 5.41) is 2.80. The van der Waals surface area contributed by atoms with E-state index < -0.39 is 0 Å². The van der Waals surface area contributed by atoms with Gasteiger partial charge in [-0.2, -0.15) is 0 Å². The van der Waals surface area contributed by atoms with E-state index in [2.05, 4.69) is 5.32 Å². The van der Waals surface area contributed by atoms with Crippen molar-refractivity contribution in [3.63, 3.8) is 0 Å². The number of benzene rings is 2. The molecule has 2 rings (SSSR count). The Balaban J connectivity index is 1.77. The molecule has 0 fully saturated rings. The third-order valence-electron chi connectivity index (χ3n) is 3.06. The second kappa shape index (κ2) is 7.93. The highest BCUT2D eigenvalue weighted by Gasteiger charge is 2.08. The third-order valence-corrected chi connectivity index (χ3v) is 3.06. The lowest BCUT2D eigenvalue weighted by Crippen LogP contribution is -2.13. The lowest BCUT2D eigenvalue weighted by molar-refractivity contribution is -0.116. The number of methoxy groups -OCH3 is 1. The molecule has 0 radical (unpaired) electrons. The number of ether oxygens (including phenoxy) is 2. The van der Waals surface area contributed by atoms with Gasteiger partial charge in [-0.3, -0.25) is 4.79 Å². The average molecular weight is 300 g/mol. The molecule has 116 valence electrons. The van der Waals surface area contributed by atoms with E-state index in [0.717, 1.165) is 5.75 Å². The zero-order valence-corrected chi connectivity index (χ0v) is 12.5. The van der Waals surface area contributed by atoms with Crippen LogP contribution >= 0.6 is 0 Å². The van der Waals surface area contributed by atoms with E-state index in [1.54, 1.807) is 25.3 Å². The minimum absolute atomic E-state index is 0.0967. The van der Waals surface area contributed by atoms with Gasteiger partial charge in [-0.15, -0.1) is 0 Å².